The number of benzene rings is 1. The number of hydrogen-bond donors (Lipinski definition) is 0. The van der Waals surface area contributed by atoms with Crippen molar-refractivity contribution in [3.05, 3.63) is 35.4 Å². The van der Waals surface area contributed by atoms with E-state index in [-0.39, 0.29) is 5.78 Å². The Morgan fingerprint density at radius 1 is 1.11 bits per heavy atom. The molecule has 2 heteroatoms. The van der Waals surface area contributed by atoms with Crippen LogP contribution in [0.1, 0.15) is 54.4 Å². The van der Waals surface area contributed by atoms with E-state index in [1.807, 2.05) is 31.2 Å². The maximum absolute atomic E-state index is 12.3. The van der Waals surface area contributed by atoms with E-state index in [2.05, 4.69) is 11.9 Å². The molecule has 1 aromatic rings. The quantitative estimate of drug-likeness (QED) is 0.605. The summed E-state index contributed by atoms with van der Waals surface area (Å²) in [6.45, 7) is 2.60. The van der Waals surface area contributed by atoms with Crippen molar-refractivity contribution in [1.29, 1.82) is 0 Å². The van der Waals surface area contributed by atoms with E-state index in [9.17, 15) is 4.79 Å². The second-order valence-corrected chi connectivity index (χ2v) is 5.85. The standard InChI is InChI=1S/C17H25NO/c1-14-9-11-15(12-10-14)17(19)13-18(2)16-7-5-3-4-6-8-16/h9-12,16H,3-8,13H2,1-2H3. The normalized spacial score (nSPS) is 17.4. The minimum atomic E-state index is 0.242. The van der Waals surface area contributed by atoms with Crippen LogP contribution in [0.4, 0.5) is 0 Å². The zero-order chi connectivity index (χ0) is 13.7. The highest BCUT2D eigenvalue weighted by molar-refractivity contribution is 5.97. The van der Waals surface area contributed by atoms with Crippen molar-refractivity contribution in [3.63, 3.8) is 0 Å². The molecule has 1 saturated carbocycles. The van der Waals surface area contributed by atoms with Crippen molar-refractivity contribution < 1.29 is 4.79 Å². The molecule has 0 unspecified atom stereocenters. The van der Waals surface area contributed by atoms with Gasteiger partial charge in [0.1, 0.15) is 0 Å². The molecule has 2 nitrogen and oxygen atoms in total. The largest absolute Gasteiger partial charge is 0.296 e. The summed E-state index contributed by atoms with van der Waals surface area (Å²) in [5.74, 6) is 0.242. The fourth-order valence-corrected chi connectivity index (χ4v) is 2.88. The number of carbonyl (C=O) groups is 1. The van der Waals surface area contributed by atoms with Gasteiger partial charge in [0, 0.05) is 11.6 Å². The molecule has 0 bridgehead atoms. The van der Waals surface area contributed by atoms with Gasteiger partial charge in [-0.15, -0.1) is 0 Å². The van der Waals surface area contributed by atoms with Crippen LogP contribution in [-0.2, 0) is 0 Å². The maximum Gasteiger partial charge on any atom is 0.176 e. The lowest BCUT2D eigenvalue weighted by Crippen LogP contribution is -2.35. The summed E-state index contributed by atoms with van der Waals surface area (Å²) in [4.78, 5) is 14.5. The molecule has 104 valence electrons. The second-order valence-electron chi connectivity index (χ2n) is 5.85. The van der Waals surface area contributed by atoms with Crippen LogP contribution >= 0.6 is 0 Å². The predicted octanol–water partition coefficient (Wildman–Crippen LogP) is 3.83. The number of Topliss-reactive ketones (excluding diaryl/α,β-unsaturated/α-hetero) is 1. The van der Waals surface area contributed by atoms with Gasteiger partial charge in [0.25, 0.3) is 0 Å². The Morgan fingerprint density at radius 2 is 1.68 bits per heavy atom. The van der Waals surface area contributed by atoms with Gasteiger partial charge >= 0.3 is 0 Å². The molecular formula is C17H25NO. The molecule has 1 aliphatic rings. The van der Waals surface area contributed by atoms with E-state index < -0.39 is 0 Å². The Kier molecular flexibility index (Phi) is 5.15. The third-order valence-electron chi connectivity index (χ3n) is 4.21. The number of ketones is 1. The predicted molar refractivity (Wildman–Crippen MR) is 79.6 cm³/mol. The highest BCUT2D eigenvalue weighted by Gasteiger charge is 2.19. The first-order chi connectivity index (χ1) is 9.16. The van der Waals surface area contributed by atoms with Gasteiger partial charge in [-0.1, -0.05) is 55.5 Å². The number of likely N-dealkylation sites (N-methyl/N-ethyl adjacent to an activating group) is 1. The maximum atomic E-state index is 12.3. The number of carbonyl (C=O) groups excluding carboxylic acids is 1. The molecule has 1 fully saturated rings. The molecule has 0 aromatic heterocycles. The topological polar surface area (TPSA) is 20.3 Å². The molecular weight excluding hydrogens is 234 g/mol. The molecule has 19 heavy (non-hydrogen) atoms. The smallest absolute Gasteiger partial charge is 0.176 e. The zero-order valence-electron chi connectivity index (χ0n) is 12.2. The van der Waals surface area contributed by atoms with E-state index in [1.54, 1.807) is 0 Å². The summed E-state index contributed by atoms with van der Waals surface area (Å²) in [5.41, 5.74) is 2.04. The van der Waals surface area contributed by atoms with Gasteiger partial charge in [-0.05, 0) is 26.8 Å². The molecule has 0 aliphatic heterocycles. The zero-order valence-corrected chi connectivity index (χ0v) is 12.2. The van der Waals surface area contributed by atoms with Gasteiger partial charge in [0.15, 0.2) is 5.78 Å². The van der Waals surface area contributed by atoms with E-state index in [0.29, 0.717) is 12.6 Å². The Morgan fingerprint density at radius 3 is 2.26 bits per heavy atom. The van der Waals surface area contributed by atoms with E-state index in [4.69, 9.17) is 0 Å². The summed E-state index contributed by atoms with van der Waals surface area (Å²) in [6.07, 6.45) is 7.84. The van der Waals surface area contributed by atoms with Crippen molar-refractivity contribution in [2.75, 3.05) is 13.6 Å². The summed E-state index contributed by atoms with van der Waals surface area (Å²) < 4.78 is 0. The van der Waals surface area contributed by atoms with Crippen LogP contribution in [0.15, 0.2) is 24.3 Å². The molecule has 1 aromatic carbocycles. The third kappa shape index (κ3) is 4.17. The van der Waals surface area contributed by atoms with Crippen molar-refractivity contribution in [3.8, 4) is 0 Å². The lowest BCUT2D eigenvalue weighted by molar-refractivity contribution is 0.0912. The Labute approximate surface area is 116 Å². The number of hydrogen-bond acceptors (Lipinski definition) is 2. The van der Waals surface area contributed by atoms with Crippen molar-refractivity contribution >= 4 is 5.78 Å². The lowest BCUT2D eigenvalue weighted by Gasteiger charge is -2.26. The first kappa shape index (κ1) is 14.3. The van der Waals surface area contributed by atoms with Crippen LogP contribution in [-0.4, -0.2) is 30.3 Å². The highest BCUT2D eigenvalue weighted by atomic mass is 16.1. The van der Waals surface area contributed by atoms with E-state index in [0.717, 1.165) is 5.56 Å². The Balaban J connectivity index is 1.92. The monoisotopic (exact) mass is 259 g/mol. The molecule has 2 rings (SSSR count). The molecule has 1 aliphatic carbocycles. The first-order valence-electron chi connectivity index (χ1n) is 7.47. The minimum absolute atomic E-state index is 0.242. The molecule has 0 radical (unpaired) electrons. The third-order valence-corrected chi connectivity index (χ3v) is 4.21. The SMILES string of the molecule is Cc1ccc(C(=O)CN(C)C2CCCCCC2)cc1. The van der Waals surface area contributed by atoms with Gasteiger partial charge in [0.05, 0.1) is 6.54 Å². The lowest BCUT2D eigenvalue weighted by atomic mass is 10.1. The highest BCUT2D eigenvalue weighted by Crippen LogP contribution is 2.21. The summed E-state index contributed by atoms with van der Waals surface area (Å²) >= 11 is 0. The number of rotatable bonds is 4. The van der Waals surface area contributed by atoms with Crippen LogP contribution in [0.25, 0.3) is 0 Å². The Bertz CT molecular complexity index is 402. The fraction of sp³-hybridized carbons (Fsp3) is 0.588. The molecule has 0 N–H and O–H groups in total. The summed E-state index contributed by atoms with van der Waals surface area (Å²) in [7, 11) is 2.10. The van der Waals surface area contributed by atoms with Gasteiger partial charge in [-0.2, -0.15) is 0 Å². The molecule has 0 atom stereocenters. The van der Waals surface area contributed by atoms with Gasteiger partial charge < -0.3 is 0 Å². The van der Waals surface area contributed by atoms with Crippen LogP contribution < -0.4 is 0 Å². The van der Waals surface area contributed by atoms with Crippen LogP contribution in [0.5, 0.6) is 0 Å². The van der Waals surface area contributed by atoms with E-state index >= 15 is 0 Å². The van der Waals surface area contributed by atoms with Gasteiger partial charge in [-0.25, -0.2) is 0 Å². The van der Waals surface area contributed by atoms with Crippen molar-refractivity contribution in [1.82, 2.24) is 4.90 Å². The second kappa shape index (κ2) is 6.85. The van der Waals surface area contributed by atoms with Crippen LogP contribution in [0.3, 0.4) is 0 Å². The minimum Gasteiger partial charge on any atom is -0.296 e. The fourth-order valence-electron chi connectivity index (χ4n) is 2.88. The van der Waals surface area contributed by atoms with E-state index in [1.165, 1.54) is 44.1 Å². The molecule has 0 saturated heterocycles. The van der Waals surface area contributed by atoms with Gasteiger partial charge in [-0.3, -0.25) is 9.69 Å². The summed E-state index contributed by atoms with van der Waals surface area (Å²) in [6, 6.07) is 8.51. The number of aryl methyl sites for hydroxylation is 1. The molecule has 0 amide bonds. The van der Waals surface area contributed by atoms with Crippen LogP contribution in [0, 0.1) is 6.92 Å². The Hall–Kier alpha value is -1.15. The van der Waals surface area contributed by atoms with Crippen LogP contribution in [0.2, 0.25) is 0 Å². The molecule has 0 spiro atoms. The summed E-state index contributed by atoms with van der Waals surface area (Å²) in [5, 5.41) is 0. The number of nitrogens with zero attached hydrogens (tertiary/aromatic N) is 1. The average molecular weight is 259 g/mol. The molecule has 0 heterocycles. The van der Waals surface area contributed by atoms with Gasteiger partial charge in [0.2, 0.25) is 0 Å². The average Bonchev–Trinajstić information content (AvgIpc) is 2.68. The van der Waals surface area contributed by atoms with Crippen molar-refractivity contribution in [2.24, 2.45) is 0 Å². The first-order valence-corrected chi connectivity index (χ1v) is 7.47. The van der Waals surface area contributed by atoms with Crippen molar-refractivity contribution in [2.45, 2.75) is 51.5 Å².